The summed E-state index contributed by atoms with van der Waals surface area (Å²) in [5.74, 6) is 0.787. The van der Waals surface area contributed by atoms with Crippen LogP contribution in [0.25, 0.3) is 10.9 Å². The van der Waals surface area contributed by atoms with Gasteiger partial charge in [-0.1, -0.05) is 41.4 Å². The Morgan fingerprint density at radius 1 is 1.04 bits per heavy atom. The molecule has 0 bridgehead atoms. The monoisotopic (exact) mass is 340 g/mol. The van der Waals surface area contributed by atoms with E-state index in [9.17, 15) is 0 Å². The molecule has 3 nitrogen and oxygen atoms in total. The first-order valence-electron chi connectivity index (χ1n) is 7.92. The van der Waals surface area contributed by atoms with Crippen LogP contribution in [-0.4, -0.2) is 24.0 Å². The van der Waals surface area contributed by atoms with E-state index in [0.29, 0.717) is 5.15 Å². The normalized spacial score (nSPS) is 11.2. The van der Waals surface area contributed by atoms with E-state index in [1.807, 2.05) is 18.2 Å². The second kappa shape index (κ2) is 7.20. The molecule has 0 saturated carbocycles. The molecule has 0 atom stereocenters. The van der Waals surface area contributed by atoms with Gasteiger partial charge < -0.3 is 4.74 Å². The van der Waals surface area contributed by atoms with Crippen molar-refractivity contribution in [1.82, 2.24) is 9.88 Å². The molecule has 2 aromatic carbocycles. The summed E-state index contributed by atoms with van der Waals surface area (Å²) < 4.78 is 5.24. The van der Waals surface area contributed by atoms with E-state index in [4.69, 9.17) is 16.3 Å². The number of ether oxygens (including phenoxy) is 1. The summed E-state index contributed by atoms with van der Waals surface area (Å²) in [7, 11) is 3.74. The maximum absolute atomic E-state index is 6.39. The Bertz CT molecular complexity index is 846. The van der Waals surface area contributed by atoms with Gasteiger partial charge in [-0.25, -0.2) is 4.98 Å². The third-order valence-corrected chi connectivity index (χ3v) is 4.39. The van der Waals surface area contributed by atoms with Gasteiger partial charge in [0.05, 0.1) is 12.6 Å². The van der Waals surface area contributed by atoms with Gasteiger partial charge in [-0.3, -0.25) is 4.90 Å². The minimum atomic E-state index is 0.548. The number of fused-ring (bicyclic) bond motifs is 1. The van der Waals surface area contributed by atoms with Crippen molar-refractivity contribution in [3.05, 3.63) is 70.4 Å². The Morgan fingerprint density at radius 3 is 2.50 bits per heavy atom. The Labute approximate surface area is 147 Å². The second-order valence-corrected chi connectivity index (χ2v) is 6.51. The third-order valence-electron chi connectivity index (χ3n) is 4.06. The van der Waals surface area contributed by atoms with Crippen molar-refractivity contribution in [3.8, 4) is 5.75 Å². The van der Waals surface area contributed by atoms with E-state index < -0.39 is 0 Å². The predicted molar refractivity (Wildman–Crippen MR) is 99.7 cm³/mol. The molecule has 0 amide bonds. The number of methoxy groups -OCH3 is 1. The maximum atomic E-state index is 6.39. The summed E-state index contributed by atoms with van der Waals surface area (Å²) in [6, 6.07) is 16.6. The van der Waals surface area contributed by atoms with Crippen LogP contribution < -0.4 is 4.74 Å². The van der Waals surface area contributed by atoms with Crippen LogP contribution in [0.15, 0.2) is 48.5 Å². The fourth-order valence-corrected chi connectivity index (χ4v) is 2.96. The van der Waals surface area contributed by atoms with Crippen LogP contribution in [0.2, 0.25) is 5.15 Å². The van der Waals surface area contributed by atoms with Gasteiger partial charge in [0.15, 0.2) is 0 Å². The Kier molecular flexibility index (Phi) is 5.03. The Hall–Kier alpha value is -2.10. The lowest BCUT2D eigenvalue weighted by molar-refractivity contribution is 0.319. The zero-order valence-electron chi connectivity index (χ0n) is 14.2. The molecule has 0 aliphatic heterocycles. The lowest BCUT2D eigenvalue weighted by Gasteiger charge is -2.18. The minimum absolute atomic E-state index is 0.548. The van der Waals surface area contributed by atoms with Crippen LogP contribution in [0.4, 0.5) is 0 Å². The van der Waals surface area contributed by atoms with Crippen molar-refractivity contribution in [1.29, 1.82) is 0 Å². The van der Waals surface area contributed by atoms with E-state index in [0.717, 1.165) is 35.3 Å². The standard InChI is InChI=1S/C20H21ClN2O/c1-14-4-6-15(7-5-14)12-23(2)13-17-10-16-8-9-18(24-3)11-19(16)22-20(17)21/h4-11H,12-13H2,1-3H3. The molecule has 1 heterocycles. The first kappa shape index (κ1) is 16.7. The fourth-order valence-electron chi connectivity index (χ4n) is 2.76. The van der Waals surface area contributed by atoms with Crippen LogP contribution >= 0.6 is 11.6 Å². The maximum Gasteiger partial charge on any atom is 0.134 e. The first-order chi connectivity index (χ1) is 11.5. The van der Waals surface area contributed by atoms with E-state index >= 15 is 0 Å². The molecule has 0 aliphatic rings. The number of rotatable bonds is 5. The van der Waals surface area contributed by atoms with Crippen molar-refractivity contribution in [3.63, 3.8) is 0 Å². The molecular formula is C20H21ClN2O. The van der Waals surface area contributed by atoms with Crippen molar-refractivity contribution in [2.75, 3.05) is 14.2 Å². The number of hydrogen-bond acceptors (Lipinski definition) is 3. The number of benzene rings is 2. The summed E-state index contributed by atoms with van der Waals surface area (Å²) in [5, 5.41) is 1.62. The molecule has 124 valence electrons. The lowest BCUT2D eigenvalue weighted by atomic mass is 10.1. The van der Waals surface area contributed by atoms with Crippen molar-refractivity contribution in [2.24, 2.45) is 0 Å². The highest BCUT2D eigenvalue weighted by Crippen LogP contribution is 2.25. The Balaban J connectivity index is 1.78. The minimum Gasteiger partial charge on any atom is -0.497 e. The number of halogens is 1. The van der Waals surface area contributed by atoms with Crippen molar-refractivity contribution < 1.29 is 4.74 Å². The van der Waals surface area contributed by atoms with Crippen molar-refractivity contribution in [2.45, 2.75) is 20.0 Å². The van der Waals surface area contributed by atoms with Gasteiger partial charge in [0, 0.05) is 30.1 Å². The number of pyridine rings is 1. The van der Waals surface area contributed by atoms with Gasteiger partial charge in [-0.05, 0) is 37.7 Å². The Morgan fingerprint density at radius 2 is 1.79 bits per heavy atom. The van der Waals surface area contributed by atoms with Gasteiger partial charge >= 0.3 is 0 Å². The first-order valence-corrected chi connectivity index (χ1v) is 8.30. The molecule has 1 aromatic heterocycles. The molecule has 0 unspecified atom stereocenters. The predicted octanol–water partition coefficient (Wildman–Crippen LogP) is 4.84. The molecule has 0 fully saturated rings. The molecule has 24 heavy (non-hydrogen) atoms. The smallest absolute Gasteiger partial charge is 0.134 e. The topological polar surface area (TPSA) is 25.4 Å². The largest absolute Gasteiger partial charge is 0.497 e. The zero-order chi connectivity index (χ0) is 17.1. The number of aryl methyl sites for hydroxylation is 1. The number of hydrogen-bond donors (Lipinski definition) is 0. The molecule has 4 heteroatoms. The fraction of sp³-hybridized carbons (Fsp3) is 0.250. The van der Waals surface area contributed by atoms with Crippen LogP contribution in [0.3, 0.4) is 0 Å². The average molecular weight is 341 g/mol. The van der Waals surface area contributed by atoms with E-state index in [1.54, 1.807) is 7.11 Å². The van der Waals surface area contributed by atoms with Gasteiger partial charge in [0.25, 0.3) is 0 Å². The molecule has 0 radical (unpaired) electrons. The molecule has 0 aliphatic carbocycles. The molecule has 0 N–H and O–H groups in total. The van der Waals surface area contributed by atoms with E-state index in [2.05, 4.69) is 54.2 Å². The van der Waals surface area contributed by atoms with Crippen LogP contribution in [0.1, 0.15) is 16.7 Å². The van der Waals surface area contributed by atoms with Gasteiger partial charge in [0.2, 0.25) is 0 Å². The summed E-state index contributed by atoms with van der Waals surface area (Å²) in [6.45, 7) is 3.72. The molecule has 0 saturated heterocycles. The molecular weight excluding hydrogens is 320 g/mol. The molecule has 0 spiro atoms. The van der Waals surface area contributed by atoms with Crippen LogP contribution in [0.5, 0.6) is 5.75 Å². The zero-order valence-corrected chi connectivity index (χ0v) is 15.0. The third kappa shape index (κ3) is 3.86. The molecule has 3 rings (SSSR count). The second-order valence-electron chi connectivity index (χ2n) is 6.15. The summed E-state index contributed by atoms with van der Waals surface area (Å²) in [6.07, 6.45) is 0. The SMILES string of the molecule is COc1ccc2cc(CN(C)Cc3ccc(C)cc3)c(Cl)nc2c1. The number of nitrogens with zero attached hydrogens (tertiary/aromatic N) is 2. The average Bonchev–Trinajstić information content (AvgIpc) is 2.57. The molecule has 3 aromatic rings. The number of aromatic nitrogens is 1. The van der Waals surface area contributed by atoms with E-state index in [-0.39, 0.29) is 0 Å². The van der Waals surface area contributed by atoms with Gasteiger partial charge in [0.1, 0.15) is 10.9 Å². The quantitative estimate of drug-likeness (QED) is 0.621. The lowest BCUT2D eigenvalue weighted by Crippen LogP contribution is -2.17. The van der Waals surface area contributed by atoms with Crippen LogP contribution in [-0.2, 0) is 13.1 Å². The summed E-state index contributed by atoms with van der Waals surface area (Å²) >= 11 is 6.39. The summed E-state index contributed by atoms with van der Waals surface area (Å²) in [5.41, 5.74) is 4.45. The summed E-state index contributed by atoms with van der Waals surface area (Å²) in [4.78, 5) is 6.75. The highest BCUT2D eigenvalue weighted by Gasteiger charge is 2.09. The van der Waals surface area contributed by atoms with E-state index in [1.165, 1.54) is 11.1 Å². The highest BCUT2D eigenvalue weighted by atomic mass is 35.5. The van der Waals surface area contributed by atoms with Crippen molar-refractivity contribution >= 4 is 22.5 Å². The van der Waals surface area contributed by atoms with Gasteiger partial charge in [-0.2, -0.15) is 0 Å². The van der Waals surface area contributed by atoms with Gasteiger partial charge in [-0.15, -0.1) is 0 Å². The highest BCUT2D eigenvalue weighted by molar-refractivity contribution is 6.30. The van der Waals surface area contributed by atoms with Crippen LogP contribution in [0, 0.1) is 6.92 Å².